The maximum atomic E-state index is 11.9. The van der Waals surface area contributed by atoms with Crippen molar-refractivity contribution in [1.29, 1.82) is 0 Å². The Bertz CT molecular complexity index is 422. The van der Waals surface area contributed by atoms with Gasteiger partial charge in [-0.1, -0.05) is 110 Å². The molecular formula is C28H54O4. The minimum absolute atomic E-state index is 0.0475. The highest BCUT2D eigenvalue weighted by atomic mass is 16.5. The second kappa shape index (κ2) is 24.6. The van der Waals surface area contributed by atoms with E-state index in [0.29, 0.717) is 6.42 Å². The lowest BCUT2D eigenvalue weighted by Gasteiger charge is -2.18. The van der Waals surface area contributed by atoms with Crippen molar-refractivity contribution < 1.29 is 19.4 Å². The highest BCUT2D eigenvalue weighted by molar-refractivity contribution is 5.69. The number of carboxylic acid groups (broad SMARTS) is 1. The Balaban J connectivity index is 3.75. The predicted octanol–water partition coefficient (Wildman–Crippen LogP) is 8.99. The maximum absolute atomic E-state index is 11.9. The summed E-state index contributed by atoms with van der Waals surface area (Å²) in [7, 11) is 0. The molecule has 0 amide bonds. The van der Waals surface area contributed by atoms with E-state index in [4.69, 9.17) is 9.84 Å². The summed E-state index contributed by atoms with van der Waals surface area (Å²) < 4.78 is 5.74. The number of aliphatic carboxylic acids is 1. The highest BCUT2D eigenvalue weighted by Gasteiger charge is 2.13. The molecule has 0 aliphatic rings. The molecule has 0 rings (SSSR count). The summed E-state index contributed by atoms with van der Waals surface area (Å²) in [5, 5.41) is 8.69. The molecule has 1 unspecified atom stereocenters. The molecule has 0 spiro atoms. The first-order chi connectivity index (χ1) is 15.6. The van der Waals surface area contributed by atoms with Crippen LogP contribution in [0, 0.1) is 0 Å². The van der Waals surface area contributed by atoms with E-state index in [1.807, 2.05) is 6.92 Å². The van der Waals surface area contributed by atoms with Crippen LogP contribution in [0.4, 0.5) is 0 Å². The van der Waals surface area contributed by atoms with Gasteiger partial charge >= 0.3 is 11.9 Å². The number of hydrogen-bond donors (Lipinski definition) is 1. The lowest BCUT2D eigenvalue weighted by Crippen LogP contribution is -2.18. The van der Waals surface area contributed by atoms with Crippen LogP contribution >= 0.6 is 0 Å². The van der Waals surface area contributed by atoms with Crippen LogP contribution in [0.25, 0.3) is 0 Å². The third kappa shape index (κ3) is 23.6. The molecule has 4 nitrogen and oxygen atoms in total. The van der Waals surface area contributed by atoms with Crippen LogP contribution < -0.4 is 0 Å². The van der Waals surface area contributed by atoms with E-state index < -0.39 is 5.97 Å². The van der Waals surface area contributed by atoms with E-state index >= 15 is 0 Å². The van der Waals surface area contributed by atoms with Gasteiger partial charge < -0.3 is 9.84 Å². The van der Waals surface area contributed by atoms with Crippen molar-refractivity contribution in [3.05, 3.63) is 0 Å². The first kappa shape index (κ1) is 30.9. The van der Waals surface area contributed by atoms with Gasteiger partial charge in [-0.05, 0) is 38.5 Å². The number of hydrogen-bond acceptors (Lipinski definition) is 3. The second-order valence-electron chi connectivity index (χ2n) is 9.59. The van der Waals surface area contributed by atoms with Crippen LogP contribution in [-0.2, 0) is 14.3 Å². The number of rotatable bonds is 25. The van der Waals surface area contributed by atoms with E-state index in [1.165, 1.54) is 77.0 Å². The minimum atomic E-state index is -0.703. The highest BCUT2D eigenvalue weighted by Crippen LogP contribution is 2.18. The van der Waals surface area contributed by atoms with Crippen LogP contribution in [0.3, 0.4) is 0 Å². The Labute approximate surface area is 199 Å². The van der Waals surface area contributed by atoms with E-state index in [2.05, 4.69) is 6.92 Å². The Morgan fingerprint density at radius 3 is 1.38 bits per heavy atom. The first-order valence-electron chi connectivity index (χ1n) is 14.0. The Hall–Kier alpha value is -1.06. The van der Waals surface area contributed by atoms with Gasteiger partial charge in [0, 0.05) is 12.8 Å². The fraction of sp³-hybridized carbons (Fsp3) is 0.929. The molecular weight excluding hydrogens is 400 g/mol. The summed E-state index contributed by atoms with van der Waals surface area (Å²) >= 11 is 0. The van der Waals surface area contributed by atoms with Crippen molar-refractivity contribution in [2.24, 2.45) is 0 Å². The summed E-state index contributed by atoms with van der Waals surface area (Å²) in [6.07, 6.45) is 26.2. The van der Waals surface area contributed by atoms with Crippen molar-refractivity contribution in [2.75, 3.05) is 0 Å². The van der Waals surface area contributed by atoms with E-state index in [-0.39, 0.29) is 18.5 Å². The lowest BCUT2D eigenvalue weighted by molar-refractivity contribution is -0.150. The minimum Gasteiger partial charge on any atom is -0.481 e. The molecule has 0 fully saturated rings. The molecule has 1 atom stereocenters. The van der Waals surface area contributed by atoms with Gasteiger partial charge in [0.2, 0.25) is 0 Å². The molecule has 4 heteroatoms. The number of ether oxygens (including phenoxy) is 1. The summed E-state index contributed by atoms with van der Waals surface area (Å²) in [5.41, 5.74) is 0. The molecule has 0 bridgehead atoms. The molecule has 0 aromatic heterocycles. The molecule has 0 saturated heterocycles. The normalized spacial score (nSPS) is 12.1. The maximum Gasteiger partial charge on any atom is 0.306 e. The molecule has 0 radical (unpaired) electrons. The smallest absolute Gasteiger partial charge is 0.306 e. The quantitative estimate of drug-likeness (QED) is 0.110. The Morgan fingerprint density at radius 2 is 0.969 bits per heavy atom. The van der Waals surface area contributed by atoms with E-state index in [0.717, 1.165) is 57.8 Å². The first-order valence-corrected chi connectivity index (χ1v) is 14.0. The average molecular weight is 455 g/mol. The fourth-order valence-corrected chi connectivity index (χ4v) is 4.28. The van der Waals surface area contributed by atoms with Crippen LogP contribution in [0.15, 0.2) is 0 Å². The van der Waals surface area contributed by atoms with Gasteiger partial charge in [0.1, 0.15) is 6.10 Å². The third-order valence-electron chi connectivity index (χ3n) is 6.30. The topological polar surface area (TPSA) is 63.6 Å². The van der Waals surface area contributed by atoms with Gasteiger partial charge in [-0.25, -0.2) is 0 Å². The zero-order chi connectivity index (χ0) is 23.7. The van der Waals surface area contributed by atoms with Gasteiger partial charge in [0.25, 0.3) is 0 Å². The van der Waals surface area contributed by atoms with Crippen molar-refractivity contribution in [1.82, 2.24) is 0 Å². The number of carbonyl (C=O) groups excluding carboxylic acids is 1. The van der Waals surface area contributed by atoms with Gasteiger partial charge in [-0.3, -0.25) is 9.59 Å². The second-order valence-corrected chi connectivity index (χ2v) is 9.59. The van der Waals surface area contributed by atoms with Crippen molar-refractivity contribution in [3.63, 3.8) is 0 Å². The molecule has 0 aliphatic heterocycles. The van der Waals surface area contributed by atoms with Crippen LogP contribution in [0.5, 0.6) is 0 Å². The summed E-state index contributed by atoms with van der Waals surface area (Å²) in [4.78, 5) is 22.5. The van der Waals surface area contributed by atoms with Crippen molar-refractivity contribution in [3.8, 4) is 0 Å². The lowest BCUT2D eigenvalue weighted by atomic mass is 10.0. The molecule has 32 heavy (non-hydrogen) atoms. The Morgan fingerprint density at radius 1 is 0.562 bits per heavy atom. The zero-order valence-corrected chi connectivity index (χ0v) is 21.5. The van der Waals surface area contributed by atoms with Gasteiger partial charge in [-0.15, -0.1) is 0 Å². The predicted molar refractivity (Wildman–Crippen MR) is 135 cm³/mol. The molecule has 0 aromatic carbocycles. The SMILES string of the molecule is CCCCCCCCCCCCCCCC(CCCCCCCC(=O)O)OC(=O)CCC. The summed E-state index contributed by atoms with van der Waals surface area (Å²) in [6.45, 7) is 4.29. The summed E-state index contributed by atoms with van der Waals surface area (Å²) in [6, 6.07) is 0. The molecule has 190 valence electrons. The molecule has 0 aromatic rings. The molecule has 0 saturated carbocycles. The van der Waals surface area contributed by atoms with Gasteiger partial charge in [0.15, 0.2) is 0 Å². The molecule has 0 aliphatic carbocycles. The Kier molecular flexibility index (Phi) is 23.8. The van der Waals surface area contributed by atoms with Crippen LogP contribution in [0.2, 0.25) is 0 Å². The largest absolute Gasteiger partial charge is 0.481 e. The zero-order valence-electron chi connectivity index (χ0n) is 21.5. The summed E-state index contributed by atoms with van der Waals surface area (Å²) in [5.74, 6) is -0.751. The standard InChI is InChI=1S/C28H54O4/c1-3-5-6-7-8-9-10-11-12-13-14-16-19-23-26(32-28(31)22-4-2)24-20-17-15-18-21-25-27(29)30/h26H,3-25H2,1-2H3,(H,29,30). The van der Waals surface area contributed by atoms with Crippen LogP contribution in [-0.4, -0.2) is 23.1 Å². The molecule has 1 N–H and O–H groups in total. The van der Waals surface area contributed by atoms with Gasteiger partial charge in [-0.2, -0.15) is 0 Å². The number of esters is 1. The average Bonchev–Trinajstić information content (AvgIpc) is 2.76. The van der Waals surface area contributed by atoms with Crippen molar-refractivity contribution in [2.45, 2.75) is 168 Å². The van der Waals surface area contributed by atoms with E-state index in [9.17, 15) is 9.59 Å². The van der Waals surface area contributed by atoms with Gasteiger partial charge in [0.05, 0.1) is 0 Å². The van der Waals surface area contributed by atoms with Crippen LogP contribution in [0.1, 0.15) is 162 Å². The van der Waals surface area contributed by atoms with E-state index in [1.54, 1.807) is 0 Å². The third-order valence-corrected chi connectivity index (χ3v) is 6.30. The molecule has 0 heterocycles. The number of carboxylic acids is 1. The number of carbonyl (C=O) groups is 2. The fourth-order valence-electron chi connectivity index (χ4n) is 4.28. The number of unbranched alkanes of at least 4 members (excludes halogenated alkanes) is 16. The van der Waals surface area contributed by atoms with Crippen molar-refractivity contribution >= 4 is 11.9 Å². The monoisotopic (exact) mass is 454 g/mol.